The van der Waals surface area contributed by atoms with Crippen LogP contribution in [0.5, 0.6) is 5.75 Å². The number of hydrogen-bond donors (Lipinski definition) is 1. The van der Waals surface area contributed by atoms with Gasteiger partial charge in [0.05, 0.1) is 31.6 Å². The smallest absolute Gasteiger partial charge is 0.270 e. The van der Waals surface area contributed by atoms with Crippen LogP contribution in [0.15, 0.2) is 48.9 Å². The molecule has 0 radical (unpaired) electrons. The summed E-state index contributed by atoms with van der Waals surface area (Å²) in [7, 11) is 1.45. The summed E-state index contributed by atoms with van der Waals surface area (Å²) in [5.74, 6) is -0.542. The Morgan fingerprint density at radius 1 is 1.00 bits per heavy atom. The number of ether oxygens (including phenoxy) is 1. The number of anilines is 1. The number of aryl methyl sites for hydroxylation is 1. The number of hydrogen-bond acceptors (Lipinski definition) is 8. The van der Waals surface area contributed by atoms with Crippen LogP contribution in [0.25, 0.3) is 22.0 Å². The molecule has 7 rings (SSSR count). The van der Waals surface area contributed by atoms with E-state index in [0.717, 1.165) is 11.8 Å². The number of piperazine rings is 1. The van der Waals surface area contributed by atoms with Crippen LogP contribution < -0.4 is 9.64 Å². The molecule has 0 spiro atoms. The van der Waals surface area contributed by atoms with Gasteiger partial charge in [-0.2, -0.15) is 0 Å². The minimum atomic E-state index is -0.514. The summed E-state index contributed by atoms with van der Waals surface area (Å²) in [5, 5.41) is 8.21. The van der Waals surface area contributed by atoms with Crippen LogP contribution in [0.4, 0.5) is 14.6 Å². The predicted octanol–water partition coefficient (Wildman–Crippen LogP) is 3.86. The second-order valence-corrected chi connectivity index (χ2v) is 12.1. The maximum absolute atomic E-state index is 16.5. The van der Waals surface area contributed by atoms with Crippen molar-refractivity contribution >= 4 is 45.5 Å². The van der Waals surface area contributed by atoms with Gasteiger partial charge in [0.25, 0.3) is 5.91 Å². The second-order valence-electron chi connectivity index (χ2n) is 12.1. The van der Waals surface area contributed by atoms with E-state index in [1.165, 1.54) is 13.2 Å². The number of pyridine rings is 1. The van der Waals surface area contributed by atoms with Crippen LogP contribution in [-0.2, 0) is 16.1 Å². The van der Waals surface area contributed by atoms with Gasteiger partial charge in [-0.1, -0.05) is 11.3 Å². The average Bonchev–Trinajstić information content (AvgIpc) is 3.89. The Bertz CT molecular complexity index is 1960. The fraction of sp³-hybridized carbons (Fsp3) is 0.353. The van der Waals surface area contributed by atoms with Crippen LogP contribution in [0, 0.1) is 11.6 Å². The Labute approximate surface area is 274 Å². The zero-order valence-electron chi connectivity index (χ0n) is 26.4. The Morgan fingerprint density at radius 3 is 2.56 bits per heavy atom. The lowest BCUT2D eigenvalue weighted by atomic mass is 9.93. The largest absolute Gasteiger partial charge is 0.493 e. The van der Waals surface area contributed by atoms with E-state index in [-0.39, 0.29) is 41.8 Å². The number of methoxy groups -OCH3 is 1. The fourth-order valence-corrected chi connectivity index (χ4v) is 6.65. The van der Waals surface area contributed by atoms with E-state index in [1.54, 1.807) is 45.1 Å². The highest BCUT2D eigenvalue weighted by atomic mass is 19.1. The van der Waals surface area contributed by atoms with Crippen molar-refractivity contribution in [3.8, 4) is 5.75 Å². The molecule has 0 bridgehead atoms. The van der Waals surface area contributed by atoms with Gasteiger partial charge in [0.1, 0.15) is 11.5 Å². The van der Waals surface area contributed by atoms with Crippen LogP contribution in [0.3, 0.4) is 0 Å². The molecule has 1 N–H and O–H groups in total. The van der Waals surface area contributed by atoms with Gasteiger partial charge in [-0.05, 0) is 47.8 Å². The van der Waals surface area contributed by atoms with E-state index >= 15 is 4.39 Å². The third kappa shape index (κ3) is 6.05. The Morgan fingerprint density at radius 2 is 1.83 bits per heavy atom. The first kappa shape index (κ1) is 31.2. The van der Waals surface area contributed by atoms with Crippen molar-refractivity contribution in [1.29, 1.82) is 0 Å². The summed E-state index contributed by atoms with van der Waals surface area (Å²) in [6.07, 6.45) is 9.62. The van der Waals surface area contributed by atoms with Crippen molar-refractivity contribution in [2.45, 2.75) is 32.2 Å². The molecular weight excluding hydrogens is 622 g/mol. The zero-order valence-corrected chi connectivity index (χ0v) is 26.4. The van der Waals surface area contributed by atoms with Crippen LogP contribution in [0.1, 0.15) is 47.3 Å². The van der Waals surface area contributed by atoms with E-state index in [9.17, 15) is 18.8 Å². The van der Waals surface area contributed by atoms with Gasteiger partial charge >= 0.3 is 0 Å². The van der Waals surface area contributed by atoms with E-state index in [0.29, 0.717) is 92.2 Å². The lowest BCUT2D eigenvalue weighted by molar-refractivity contribution is -0.131. The molecule has 2 amide bonds. The number of nitrogens with zero attached hydrogens (tertiary/aromatic N) is 7. The van der Waals surface area contributed by atoms with Gasteiger partial charge in [0.15, 0.2) is 23.2 Å². The number of benzene rings is 1. The number of rotatable bonds is 8. The van der Waals surface area contributed by atoms with Gasteiger partial charge < -0.3 is 24.4 Å². The molecule has 14 heteroatoms. The molecule has 12 nitrogen and oxygen atoms in total. The summed E-state index contributed by atoms with van der Waals surface area (Å²) in [6.45, 7) is 2.78. The molecule has 1 saturated heterocycles. The number of nitrogens with one attached hydrogen (secondary N) is 1. The summed E-state index contributed by atoms with van der Waals surface area (Å²) in [4.78, 5) is 51.7. The number of ketones is 1. The number of aromatic nitrogens is 5. The van der Waals surface area contributed by atoms with Crippen molar-refractivity contribution in [1.82, 2.24) is 34.8 Å². The number of amides is 2. The Balaban J connectivity index is 1.14. The standard InChI is InChI=1S/C34H34F2N8O4/c1-48-29-16-23(35)19-37-33(29)41-11-13-42(14-12-41)34(47)28-18-27-25(21-4-5-24(45)15-21)17-26(31(36)32(27)39-28)22-3-2-8-43(20-22)30(46)6-9-44-10-7-38-40-44/h3,7,10,15-19,39H,2,4-6,8-9,11-14,20H2,1H3. The molecule has 0 unspecified atom stereocenters. The lowest BCUT2D eigenvalue weighted by Crippen LogP contribution is -2.49. The van der Waals surface area contributed by atoms with Crippen molar-refractivity contribution in [2.24, 2.45) is 0 Å². The molecule has 1 aliphatic carbocycles. The first-order valence-corrected chi connectivity index (χ1v) is 15.9. The molecule has 5 heterocycles. The number of fused-ring (bicyclic) bond motifs is 1. The van der Waals surface area contributed by atoms with Crippen LogP contribution in [-0.4, -0.2) is 98.7 Å². The summed E-state index contributed by atoms with van der Waals surface area (Å²) < 4.78 is 37.0. The third-order valence-electron chi connectivity index (χ3n) is 9.17. The van der Waals surface area contributed by atoms with Crippen molar-refractivity contribution < 1.29 is 27.9 Å². The van der Waals surface area contributed by atoms with E-state index < -0.39 is 11.6 Å². The Hall–Kier alpha value is -5.40. The number of carbonyl (C=O) groups excluding carboxylic acids is 3. The van der Waals surface area contributed by atoms with Crippen molar-refractivity contribution in [3.05, 3.63) is 77.4 Å². The first-order valence-electron chi connectivity index (χ1n) is 15.9. The highest BCUT2D eigenvalue weighted by Gasteiger charge is 2.29. The summed E-state index contributed by atoms with van der Waals surface area (Å²) in [6, 6.07) is 4.69. The normalized spacial score (nSPS) is 16.8. The quantitative estimate of drug-likeness (QED) is 0.303. The minimum Gasteiger partial charge on any atom is -0.493 e. The van der Waals surface area contributed by atoms with E-state index in [2.05, 4.69) is 20.3 Å². The molecule has 0 saturated carbocycles. The lowest BCUT2D eigenvalue weighted by Gasteiger charge is -2.35. The fourth-order valence-electron chi connectivity index (χ4n) is 6.65. The minimum absolute atomic E-state index is 0.00189. The van der Waals surface area contributed by atoms with E-state index in [1.807, 2.05) is 11.0 Å². The number of aromatic amines is 1. The molecule has 1 fully saturated rings. The van der Waals surface area contributed by atoms with Gasteiger partial charge in [-0.15, -0.1) is 5.10 Å². The molecular formula is C34H34F2N8O4. The predicted molar refractivity (Wildman–Crippen MR) is 173 cm³/mol. The van der Waals surface area contributed by atoms with Crippen molar-refractivity contribution in [2.75, 3.05) is 51.3 Å². The monoisotopic (exact) mass is 656 g/mol. The first-order chi connectivity index (χ1) is 23.3. The highest BCUT2D eigenvalue weighted by molar-refractivity contribution is 6.08. The zero-order chi connectivity index (χ0) is 33.4. The number of allylic oxidation sites excluding steroid dienone is 2. The average molecular weight is 657 g/mol. The Kier molecular flexibility index (Phi) is 8.46. The molecule has 2 aliphatic heterocycles. The van der Waals surface area contributed by atoms with Crippen LogP contribution in [0.2, 0.25) is 0 Å². The molecule has 248 valence electrons. The molecule has 1 aromatic carbocycles. The number of carbonyl (C=O) groups is 3. The highest BCUT2D eigenvalue weighted by Crippen LogP contribution is 2.38. The van der Waals surface area contributed by atoms with Crippen LogP contribution >= 0.6 is 0 Å². The third-order valence-corrected chi connectivity index (χ3v) is 9.17. The molecule has 48 heavy (non-hydrogen) atoms. The van der Waals surface area contributed by atoms with E-state index in [4.69, 9.17) is 4.74 Å². The topological polar surface area (TPSA) is 130 Å². The maximum Gasteiger partial charge on any atom is 0.270 e. The molecule has 3 aliphatic rings. The maximum atomic E-state index is 16.5. The molecule has 4 aromatic rings. The molecule has 0 atom stereocenters. The van der Waals surface area contributed by atoms with Gasteiger partial charge in [-0.25, -0.2) is 13.8 Å². The molecule has 3 aromatic heterocycles. The summed E-state index contributed by atoms with van der Waals surface area (Å²) in [5.41, 5.74) is 2.90. The number of halogens is 2. The van der Waals surface area contributed by atoms with Gasteiger partial charge in [0.2, 0.25) is 5.91 Å². The SMILES string of the molecule is COc1cc(F)cnc1N1CCN(C(=O)c2cc3c(C4=CC(=O)CC4)cc(C4=CCCN(C(=O)CCn5ccnn5)C4)c(F)c3[nH]2)CC1. The second kappa shape index (κ2) is 13.0. The summed E-state index contributed by atoms with van der Waals surface area (Å²) >= 11 is 0. The van der Waals surface area contributed by atoms with Gasteiger partial charge in [0, 0.05) is 75.3 Å². The van der Waals surface area contributed by atoms with Crippen molar-refractivity contribution in [3.63, 3.8) is 0 Å². The number of H-pyrrole nitrogens is 1. The van der Waals surface area contributed by atoms with Gasteiger partial charge in [-0.3, -0.25) is 19.1 Å².